The molecule has 0 spiro atoms. The van der Waals surface area contributed by atoms with E-state index < -0.39 is 17.8 Å². The highest BCUT2D eigenvalue weighted by molar-refractivity contribution is 7.13. The van der Waals surface area contributed by atoms with Crippen LogP contribution in [0.4, 0.5) is 0 Å². The van der Waals surface area contributed by atoms with Gasteiger partial charge in [0, 0.05) is 5.38 Å². The SMILES string of the molecule is O=C(ON1C(=O)c2ccccc2C1=O)c1csc(-c2ncn[nH]2)n1. The number of hydroxylamine groups is 2. The number of hydrogen-bond donors (Lipinski definition) is 1. The van der Waals surface area contributed by atoms with Crippen molar-refractivity contribution in [3.63, 3.8) is 0 Å². The molecule has 0 aliphatic carbocycles. The summed E-state index contributed by atoms with van der Waals surface area (Å²) < 4.78 is 0. The molecule has 1 aliphatic rings. The third-order valence-electron chi connectivity index (χ3n) is 3.26. The minimum Gasteiger partial charge on any atom is -0.322 e. The van der Waals surface area contributed by atoms with Crippen LogP contribution < -0.4 is 0 Å². The molecule has 2 amide bonds. The standard InChI is InChI=1S/C14H7N5O4S/c20-12-7-3-1-2-4-8(7)13(21)19(12)23-14(22)9-5-24-11(17-9)10-15-6-16-18-10/h1-6H,(H,15,16,18). The van der Waals surface area contributed by atoms with E-state index in [1.807, 2.05) is 0 Å². The monoisotopic (exact) mass is 341 g/mol. The Morgan fingerprint density at radius 2 is 1.88 bits per heavy atom. The summed E-state index contributed by atoms with van der Waals surface area (Å²) in [6.45, 7) is 0. The van der Waals surface area contributed by atoms with E-state index >= 15 is 0 Å². The molecule has 118 valence electrons. The van der Waals surface area contributed by atoms with Crippen LogP contribution >= 0.6 is 11.3 Å². The van der Waals surface area contributed by atoms with Crippen LogP contribution in [0.15, 0.2) is 36.0 Å². The van der Waals surface area contributed by atoms with Crippen molar-refractivity contribution in [1.29, 1.82) is 0 Å². The van der Waals surface area contributed by atoms with Gasteiger partial charge in [-0.25, -0.2) is 14.8 Å². The number of thiazole rings is 1. The molecule has 1 N–H and O–H groups in total. The number of nitrogens with zero attached hydrogens (tertiary/aromatic N) is 4. The Kier molecular flexibility index (Phi) is 3.17. The van der Waals surface area contributed by atoms with Gasteiger partial charge in [0.05, 0.1) is 11.1 Å². The first-order valence-corrected chi connectivity index (χ1v) is 7.54. The van der Waals surface area contributed by atoms with E-state index in [9.17, 15) is 14.4 Å². The number of nitrogens with one attached hydrogen (secondary N) is 1. The van der Waals surface area contributed by atoms with Crippen LogP contribution in [0.1, 0.15) is 31.2 Å². The second-order valence-electron chi connectivity index (χ2n) is 4.70. The number of hydrogen-bond acceptors (Lipinski definition) is 8. The Balaban J connectivity index is 1.55. The van der Waals surface area contributed by atoms with Crippen molar-refractivity contribution >= 4 is 29.1 Å². The van der Waals surface area contributed by atoms with Gasteiger partial charge in [0.25, 0.3) is 11.8 Å². The van der Waals surface area contributed by atoms with Gasteiger partial charge in [0.1, 0.15) is 6.33 Å². The zero-order chi connectivity index (χ0) is 16.7. The van der Waals surface area contributed by atoms with Gasteiger partial charge in [0.2, 0.25) is 0 Å². The van der Waals surface area contributed by atoms with Gasteiger partial charge in [-0.2, -0.15) is 5.10 Å². The number of carbonyl (C=O) groups is 3. The maximum atomic E-state index is 12.2. The van der Waals surface area contributed by atoms with Crippen molar-refractivity contribution < 1.29 is 19.2 Å². The maximum Gasteiger partial charge on any atom is 0.383 e. The third kappa shape index (κ3) is 2.16. The van der Waals surface area contributed by atoms with Gasteiger partial charge in [-0.1, -0.05) is 17.2 Å². The summed E-state index contributed by atoms with van der Waals surface area (Å²) in [5, 5.41) is 8.64. The number of benzene rings is 1. The molecular weight excluding hydrogens is 334 g/mol. The predicted octanol–water partition coefficient (Wildman–Crippen LogP) is 1.30. The Hall–Kier alpha value is -3.40. The number of aromatic amines is 1. The van der Waals surface area contributed by atoms with Crippen LogP contribution in [0.2, 0.25) is 0 Å². The zero-order valence-corrected chi connectivity index (χ0v) is 12.6. The van der Waals surface area contributed by atoms with Crippen LogP contribution in [0.5, 0.6) is 0 Å². The predicted molar refractivity (Wildman–Crippen MR) is 79.8 cm³/mol. The van der Waals surface area contributed by atoms with Crippen LogP contribution in [-0.4, -0.2) is 43.0 Å². The van der Waals surface area contributed by atoms with E-state index in [1.54, 1.807) is 12.1 Å². The normalized spacial score (nSPS) is 13.2. The van der Waals surface area contributed by atoms with Crippen LogP contribution in [-0.2, 0) is 4.84 Å². The molecule has 0 radical (unpaired) electrons. The number of H-pyrrole nitrogens is 1. The lowest BCUT2D eigenvalue weighted by atomic mass is 10.1. The van der Waals surface area contributed by atoms with Crippen molar-refractivity contribution in [1.82, 2.24) is 25.2 Å². The molecule has 0 atom stereocenters. The van der Waals surface area contributed by atoms with Crippen molar-refractivity contribution in [2.24, 2.45) is 0 Å². The molecule has 0 saturated carbocycles. The smallest absolute Gasteiger partial charge is 0.322 e. The molecular formula is C14H7N5O4S. The summed E-state index contributed by atoms with van der Waals surface area (Å²) in [7, 11) is 0. The molecule has 3 heterocycles. The van der Waals surface area contributed by atoms with E-state index in [4.69, 9.17) is 4.84 Å². The van der Waals surface area contributed by atoms with E-state index in [0.29, 0.717) is 15.9 Å². The molecule has 10 heteroatoms. The molecule has 0 fully saturated rings. The van der Waals surface area contributed by atoms with Crippen molar-refractivity contribution in [2.45, 2.75) is 0 Å². The first kappa shape index (κ1) is 14.2. The van der Waals surface area contributed by atoms with E-state index in [0.717, 1.165) is 11.3 Å². The Morgan fingerprint density at radius 3 is 2.50 bits per heavy atom. The Bertz CT molecular complexity index is 930. The molecule has 0 bridgehead atoms. The lowest BCUT2D eigenvalue weighted by Crippen LogP contribution is -2.32. The third-order valence-corrected chi connectivity index (χ3v) is 4.11. The minimum absolute atomic E-state index is 0.0389. The van der Waals surface area contributed by atoms with Gasteiger partial charge < -0.3 is 4.84 Å². The largest absolute Gasteiger partial charge is 0.383 e. The van der Waals surface area contributed by atoms with Crippen LogP contribution in [0.3, 0.4) is 0 Å². The van der Waals surface area contributed by atoms with Gasteiger partial charge in [-0.3, -0.25) is 14.7 Å². The highest BCUT2D eigenvalue weighted by atomic mass is 32.1. The van der Waals surface area contributed by atoms with Crippen LogP contribution in [0.25, 0.3) is 10.8 Å². The Labute approximate surface area is 137 Å². The lowest BCUT2D eigenvalue weighted by molar-refractivity contribution is -0.0587. The average Bonchev–Trinajstić information content (AvgIpc) is 3.32. The second kappa shape index (κ2) is 5.35. The second-order valence-corrected chi connectivity index (χ2v) is 5.56. The summed E-state index contributed by atoms with van der Waals surface area (Å²) in [5.41, 5.74) is 0.342. The summed E-state index contributed by atoms with van der Waals surface area (Å²) in [4.78, 5) is 49.4. The molecule has 0 unspecified atom stereocenters. The van der Waals surface area contributed by atoms with E-state index in [1.165, 1.54) is 23.8 Å². The zero-order valence-electron chi connectivity index (χ0n) is 11.8. The molecule has 2 aromatic heterocycles. The number of amides is 2. The Morgan fingerprint density at radius 1 is 1.17 bits per heavy atom. The lowest BCUT2D eigenvalue weighted by Gasteiger charge is -2.11. The fourth-order valence-corrected chi connectivity index (χ4v) is 2.90. The van der Waals surface area contributed by atoms with E-state index in [2.05, 4.69) is 20.2 Å². The van der Waals surface area contributed by atoms with Crippen LogP contribution in [0, 0.1) is 0 Å². The summed E-state index contributed by atoms with van der Waals surface area (Å²) >= 11 is 1.15. The maximum absolute atomic E-state index is 12.2. The first-order valence-electron chi connectivity index (χ1n) is 6.66. The quantitative estimate of drug-likeness (QED) is 0.713. The highest BCUT2D eigenvalue weighted by Gasteiger charge is 2.39. The fraction of sp³-hybridized carbons (Fsp3) is 0. The highest BCUT2D eigenvalue weighted by Crippen LogP contribution is 2.24. The van der Waals surface area contributed by atoms with Gasteiger partial charge in [-0.15, -0.1) is 11.3 Å². The fourth-order valence-electron chi connectivity index (χ4n) is 2.16. The minimum atomic E-state index is -0.911. The molecule has 4 rings (SSSR count). The number of carbonyl (C=O) groups excluding carboxylic acids is 3. The molecule has 24 heavy (non-hydrogen) atoms. The van der Waals surface area contributed by atoms with Gasteiger partial charge >= 0.3 is 5.97 Å². The average molecular weight is 341 g/mol. The van der Waals surface area contributed by atoms with Gasteiger partial charge in [-0.05, 0) is 12.1 Å². The number of imide groups is 1. The van der Waals surface area contributed by atoms with Crippen molar-refractivity contribution in [2.75, 3.05) is 0 Å². The molecule has 9 nitrogen and oxygen atoms in total. The number of rotatable bonds is 3. The first-order chi connectivity index (χ1) is 11.6. The molecule has 3 aromatic rings. The number of fused-ring (bicyclic) bond motifs is 1. The molecule has 1 aromatic carbocycles. The topological polar surface area (TPSA) is 118 Å². The van der Waals surface area contributed by atoms with Gasteiger partial charge in [0.15, 0.2) is 16.5 Å². The summed E-state index contributed by atoms with van der Waals surface area (Å²) in [6.07, 6.45) is 1.31. The summed E-state index contributed by atoms with van der Waals surface area (Å²) in [5.74, 6) is -1.88. The van der Waals surface area contributed by atoms with E-state index in [-0.39, 0.29) is 16.8 Å². The molecule has 0 saturated heterocycles. The van der Waals surface area contributed by atoms with Crippen molar-refractivity contribution in [3.05, 3.63) is 52.8 Å². The number of aromatic nitrogens is 4. The summed E-state index contributed by atoms with van der Waals surface area (Å²) in [6, 6.07) is 6.24. The van der Waals surface area contributed by atoms with Crippen molar-refractivity contribution in [3.8, 4) is 10.8 Å². The molecule has 1 aliphatic heterocycles.